The fourth-order valence-corrected chi connectivity index (χ4v) is 2.39. The molecule has 1 N–H and O–H groups in total. The molecule has 4 nitrogen and oxygen atoms in total. The highest BCUT2D eigenvalue weighted by molar-refractivity contribution is 5.78. The Morgan fingerprint density at radius 2 is 2.35 bits per heavy atom. The lowest BCUT2D eigenvalue weighted by Gasteiger charge is -2.44. The van der Waals surface area contributed by atoms with Crippen molar-refractivity contribution in [2.75, 3.05) is 13.7 Å². The van der Waals surface area contributed by atoms with Crippen molar-refractivity contribution in [1.82, 2.24) is 4.90 Å². The summed E-state index contributed by atoms with van der Waals surface area (Å²) >= 11 is 0. The van der Waals surface area contributed by atoms with Gasteiger partial charge < -0.3 is 9.84 Å². The molecule has 1 aliphatic heterocycles. The molecule has 0 saturated carbocycles. The maximum absolute atomic E-state index is 11.8. The SMILES string of the molecule is CCOC(=O)C1C=CCC(C)(CC(C)O)N1C. The van der Waals surface area contributed by atoms with Crippen LogP contribution < -0.4 is 0 Å². The Balaban J connectivity index is 2.80. The highest BCUT2D eigenvalue weighted by Crippen LogP contribution is 2.30. The smallest absolute Gasteiger partial charge is 0.327 e. The van der Waals surface area contributed by atoms with Gasteiger partial charge in [0.2, 0.25) is 0 Å². The largest absolute Gasteiger partial charge is 0.465 e. The van der Waals surface area contributed by atoms with Gasteiger partial charge in [-0.05, 0) is 40.7 Å². The molecule has 1 heterocycles. The topological polar surface area (TPSA) is 49.8 Å². The first kappa shape index (κ1) is 14.2. The lowest BCUT2D eigenvalue weighted by Crippen LogP contribution is -2.55. The maximum atomic E-state index is 11.8. The van der Waals surface area contributed by atoms with Crippen LogP contribution in [0.3, 0.4) is 0 Å². The maximum Gasteiger partial charge on any atom is 0.327 e. The quantitative estimate of drug-likeness (QED) is 0.596. The van der Waals surface area contributed by atoms with Gasteiger partial charge in [-0.1, -0.05) is 12.2 Å². The number of carbonyl (C=O) groups is 1. The Morgan fingerprint density at radius 1 is 1.71 bits per heavy atom. The summed E-state index contributed by atoms with van der Waals surface area (Å²) in [6, 6.07) is -0.340. The third-order valence-electron chi connectivity index (χ3n) is 3.41. The Kier molecular flexibility index (Phi) is 4.71. The summed E-state index contributed by atoms with van der Waals surface area (Å²) in [4.78, 5) is 13.8. The zero-order valence-corrected chi connectivity index (χ0v) is 11.1. The number of esters is 1. The van der Waals surface area contributed by atoms with E-state index in [1.165, 1.54) is 0 Å². The molecule has 4 heteroatoms. The summed E-state index contributed by atoms with van der Waals surface area (Å²) in [7, 11) is 1.91. The average Bonchev–Trinajstić information content (AvgIpc) is 2.21. The van der Waals surface area contributed by atoms with Crippen molar-refractivity contribution in [2.24, 2.45) is 0 Å². The molecule has 0 radical (unpaired) electrons. The van der Waals surface area contributed by atoms with E-state index in [1.54, 1.807) is 13.8 Å². The third kappa shape index (κ3) is 3.30. The van der Waals surface area contributed by atoms with Gasteiger partial charge in [-0.15, -0.1) is 0 Å². The Bertz CT molecular complexity index is 301. The van der Waals surface area contributed by atoms with E-state index >= 15 is 0 Å². The molecule has 0 aromatic heterocycles. The number of ether oxygens (including phenoxy) is 1. The molecule has 0 aliphatic carbocycles. The number of carbonyl (C=O) groups excluding carboxylic acids is 1. The van der Waals surface area contributed by atoms with Gasteiger partial charge in [-0.2, -0.15) is 0 Å². The molecule has 0 spiro atoms. The van der Waals surface area contributed by atoms with E-state index in [4.69, 9.17) is 4.74 Å². The lowest BCUT2D eigenvalue weighted by atomic mass is 9.85. The number of aliphatic hydroxyl groups is 1. The van der Waals surface area contributed by atoms with Crippen LogP contribution >= 0.6 is 0 Å². The number of likely N-dealkylation sites (N-methyl/N-ethyl adjacent to an activating group) is 1. The first-order valence-corrected chi connectivity index (χ1v) is 6.15. The first-order chi connectivity index (χ1) is 7.90. The van der Waals surface area contributed by atoms with Gasteiger partial charge in [0, 0.05) is 5.54 Å². The van der Waals surface area contributed by atoms with Crippen LogP contribution in [-0.4, -0.2) is 47.3 Å². The van der Waals surface area contributed by atoms with E-state index in [0.717, 1.165) is 6.42 Å². The van der Waals surface area contributed by atoms with Crippen molar-refractivity contribution in [3.05, 3.63) is 12.2 Å². The van der Waals surface area contributed by atoms with Crippen molar-refractivity contribution in [2.45, 2.75) is 51.3 Å². The van der Waals surface area contributed by atoms with E-state index in [-0.39, 0.29) is 23.7 Å². The van der Waals surface area contributed by atoms with Crippen LogP contribution in [0.25, 0.3) is 0 Å². The van der Waals surface area contributed by atoms with E-state index < -0.39 is 0 Å². The zero-order chi connectivity index (χ0) is 13.1. The van der Waals surface area contributed by atoms with Crippen LogP contribution in [0.5, 0.6) is 0 Å². The van der Waals surface area contributed by atoms with Gasteiger partial charge in [-0.25, -0.2) is 0 Å². The van der Waals surface area contributed by atoms with Crippen molar-refractivity contribution in [3.63, 3.8) is 0 Å². The first-order valence-electron chi connectivity index (χ1n) is 6.15. The van der Waals surface area contributed by atoms with Crippen LogP contribution in [0, 0.1) is 0 Å². The number of nitrogens with zero attached hydrogens (tertiary/aromatic N) is 1. The molecule has 98 valence electrons. The van der Waals surface area contributed by atoms with E-state index in [9.17, 15) is 9.90 Å². The highest BCUT2D eigenvalue weighted by Gasteiger charge is 2.39. The number of hydrogen-bond acceptors (Lipinski definition) is 4. The van der Waals surface area contributed by atoms with Crippen molar-refractivity contribution >= 4 is 5.97 Å². The molecule has 0 aromatic carbocycles. The Hall–Kier alpha value is -0.870. The summed E-state index contributed by atoms with van der Waals surface area (Å²) in [5, 5.41) is 9.55. The molecule has 17 heavy (non-hydrogen) atoms. The molecular formula is C13H23NO3. The lowest BCUT2D eigenvalue weighted by molar-refractivity contribution is -0.150. The molecular weight excluding hydrogens is 218 g/mol. The fraction of sp³-hybridized carbons (Fsp3) is 0.769. The Labute approximate surface area is 103 Å². The van der Waals surface area contributed by atoms with Crippen LogP contribution in [0.2, 0.25) is 0 Å². The molecule has 0 bridgehead atoms. The zero-order valence-electron chi connectivity index (χ0n) is 11.1. The van der Waals surface area contributed by atoms with Gasteiger partial charge >= 0.3 is 5.97 Å². The van der Waals surface area contributed by atoms with Gasteiger partial charge in [0.25, 0.3) is 0 Å². The molecule has 0 saturated heterocycles. The second-order valence-electron chi connectivity index (χ2n) is 4.99. The van der Waals surface area contributed by atoms with Gasteiger partial charge in [0.15, 0.2) is 0 Å². The molecule has 0 aromatic rings. The van der Waals surface area contributed by atoms with Gasteiger partial charge in [0.1, 0.15) is 6.04 Å². The monoisotopic (exact) mass is 241 g/mol. The number of hydrogen-bond donors (Lipinski definition) is 1. The van der Waals surface area contributed by atoms with Crippen LogP contribution in [0.1, 0.15) is 33.6 Å². The second kappa shape index (κ2) is 5.65. The normalized spacial score (nSPS) is 31.2. The summed E-state index contributed by atoms with van der Waals surface area (Å²) in [5.41, 5.74) is -0.194. The predicted molar refractivity (Wildman–Crippen MR) is 66.6 cm³/mol. The standard InChI is InChI=1S/C13H23NO3/c1-5-17-12(16)11-7-6-8-13(3,14(11)4)9-10(2)15/h6-7,10-11,15H,5,8-9H2,1-4H3. The molecule has 1 aliphatic rings. The minimum Gasteiger partial charge on any atom is -0.465 e. The minimum atomic E-state index is -0.378. The fourth-order valence-electron chi connectivity index (χ4n) is 2.39. The van der Waals surface area contributed by atoms with Crippen LogP contribution in [-0.2, 0) is 9.53 Å². The molecule has 3 atom stereocenters. The van der Waals surface area contributed by atoms with Crippen LogP contribution in [0.4, 0.5) is 0 Å². The highest BCUT2D eigenvalue weighted by atomic mass is 16.5. The number of rotatable bonds is 4. The van der Waals surface area contributed by atoms with Crippen molar-refractivity contribution < 1.29 is 14.6 Å². The Morgan fingerprint density at radius 3 is 2.88 bits per heavy atom. The summed E-state index contributed by atoms with van der Waals surface area (Å²) in [5.74, 6) is -0.220. The van der Waals surface area contributed by atoms with E-state index in [1.807, 2.05) is 24.1 Å². The van der Waals surface area contributed by atoms with Crippen LogP contribution in [0.15, 0.2) is 12.2 Å². The molecule has 3 unspecified atom stereocenters. The minimum absolute atomic E-state index is 0.194. The number of aliphatic hydroxyl groups excluding tert-OH is 1. The summed E-state index contributed by atoms with van der Waals surface area (Å²) in [6.07, 6.45) is 4.98. The third-order valence-corrected chi connectivity index (χ3v) is 3.41. The second-order valence-corrected chi connectivity index (χ2v) is 4.99. The van der Waals surface area contributed by atoms with Crippen molar-refractivity contribution in [3.8, 4) is 0 Å². The average molecular weight is 241 g/mol. The van der Waals surface area contributed by atoms with E-state index in [2.05, 4.69) is 6.92 Å². The van der Waals surface area contributed by atoms with E-state index in [0.29, 0.717) is 13.0 Å². The molecule has 0 amide bonds. The predicted octanol–water partition coefficient (Wildman–Crippen LogP) is 1.34. The molecule has 0 fully saturated rings. The summed E-state index contributed by atoms with van der Waals surface area (Å²) in [6.45, 7) is 6.04. The summed E-state index contributed by atoms with van der Waals surface area (Å²) < 4.78 is 5.06. The van der Waals surface area contributed by atoms with Gasteiger partial charge in [0.05, 0.1) is 12.7 Å². The van der Waals surface area contributed by atoms with Crippen molar-refractivity contribution in [1.29, 1.82) is 0 Å². The molecule has 1 rings (SSSR count). The van der Waals surface area contributed by atoms with Gasteiger partial charge in [-0.3, -0.25) is 9.69 Å².